The molecule has 1 aromatic heterocycles. The van der Waals surface area contributed by atoms with Crippen LogP contribution < -0.4 is 10.2 Å². The van der Waals surface area contributed by atoms with Crippen LogP contribution in [0, 0.1) is 0 Å². The van der Waals surface area contributed by atoms with Crippen molar-refractivity contribution in [1.82, 2.24) is 15.2 Å². The molecule has 0 unspecified atom stereocenters. The molecule has 3 heterocycles. The molecule has 1 amide bonds. The fourth-order valence-corrected chi connectivity index (χ4v) is 3.99. The third kappa shape index (κ3) is 4.95. The summed E-state index contributed by atoms with van der Waals surface area (Å²) in [5.74, 6) is 0.917. The highest BCUT2D eigenvalue weighted by molar-refractivity contribution is 5.94. The van der Waals surface area contributed by atoms with E-state index in [1.807, 2.05) is 12.1 Å². The van der Waals surface area contributed by atoms with E-state index in [1.165, 1.54) is 25.8 Å². The molecule has 1 atom stereocenters. The van der Waals surface area contributed by atoms with Crippen LogP contribution in [-0.2, 0) is 4.74 Å². The average Bonchev–Trinajstić information content (AvgIpc) is 2.69. The van der Waals surface area contributed by atoms with Crippen LogP contribution in [0.3, 0.4) is 0 Å². The molecule has 2 aliphatic rings. The van der Waals surface area contributed by atoms with E-state index in [9.17, 15) is 4.79 Å². The largest absolute Gasteiger partial charge is 0.381 e. The molecule has 2 fully saturated rings. The number of hydrogen-bond donors (Lipinski definition) is 1. The lowest BCUT2D eigenvalue weighted by molar-refractivity contribution is 0.0818. The van der Waals surface area contributed by atoms with Crippen molar-refractivity contribution in [2.24, 2.45) is 0 Å². The van der Waals surface area contributed by atoms with Gasteiger partial charge in [0.15, 0.2) is 0 Å². The van der Waals surface area contributed by atoms with Crippen molar-refractivity contribution in [2.75, 3.05) is 45.2 Å². The predicted octanol–water partition coefficient (Wildman–Crippen LogP) is 2.30. The van der Waals surface area contributed by atoms with Gasteiger partial charge in [0.1, 0.15) is 5.82 Å². The molecule has 26 heavy (non-hydrogen) atoms. The predicted molar refractivity (Wildman–Crippen MR) is 104 cm³/mol. The van der Waals surface area contributed by atoms with Gasteiger partial charge in [-0.3, -0.25) is 4.79 Å². The summed E-state index contributed by atoms with van der Waals surface area (Å²) in [6, 6.07) is 4.43. The molecular weight excluding hydrogens is 328 g/mol. The lowest BCUT2D eigenvalue weighted by Gasteiger charge is -2.32. The first kappa shape index (κ1) is 19.1. The summed E-state index contributed by atoms with van der Waals surface area (Å²) in [5.41, 5.74) is 0.637. The Morgan fingerprint density at radius 1 is 1.23 bits per heavy atom. The maximum Gasteiger partial charge on any atom is 0.252 e. The van der Waals surface area contributed by atoms with Crippen LogP contribution in [0.25, 0.3) is 0 Å². The minimum atomic E-state index is -0.0272. The van der Waals surface area contributed by atoms with Gasteiger partial charge in [0.05, 0.1) is 11.7 Å². The molecule has 3 rings (SSSR count). The third-order valence-electron chi connectivity index (χ3n) is 5.79. The minimum Gasteiger partial charge on any atom is -0.381 e. The average molecular weight is 361 g/mol. The van der Waals surface area contributed by atoms with E-state index in [1.54, 1.807) is 13.3 Å². The summed E-state index contributed by atoms with van der Waals surface area (Å²) < 4.78 is 5.41. The summed E-state index contributed by atoms with van der Waals surface area (Å²) in [4.78, 5) is 21.5. The summed E-state index contributed by atoms with van der Waals surface area (Å²) in [5, 5.41) is 3.04. The molecule has 0 aromatic carbocycles. The van der Waals surface area contributed by atoms with Crippen LogP contribution in [0.4, 0.5) is 5.82 Å². The van der Waals surface area contributed by atoms with Gasteiger partial charge in [-0.25, -0.2) is 4.98 Å². The van der Waals surface area contributed by atoms with Crippen molar-refractivity contribution >= 4 is 11.7 Å². The molecule has 0 bridgehead atoms. The molecule has 2 saturated heterocycles. The Balaban J connectivity index is 1.45. The quantitative estimate of drug-likeness (QED) is 0.844. The van der Waals surface area contributed by atoms with Gasteiger partial charge in [0.2, 0.25) is 0 Å². The Morgan fingerprint density at radius 3 is 2.69 bits per heavy atom. The van der Waals surface area contributed by atoms with Gasteiger partial charge < -0.3 is 19.9 Å². The number of carbonyl (C=O) groups is 1. The number of nitrogens with zero attached hydrogens (tertiary/aromatic N) is 3. The highest BCUT2D eigenvalue weighted by atomic mass is 16.5. The van der Waals surface area contributed by atoms with Gasteiger partial charge >= 0.3 is 0 Å². The topological polar surface area (TPSA) is 57.7 Å². The number of rotatable bonds is 6. The van der Waals surface area contributed by atoms with Crippen LogP contribution in [-0.4, -0.2) is 68.3 Å². The number of hydrogen-bond acceptors (Lipinski definition) is 5. The molecule has 6 nitrogen and oxygen atoms in total. The van der Waals surface area contributed by atoms with Gasteiger partial charge in [0.25, 0.3) is 5.91 Å². The fraction of sp³-hybridized carbons (Fsp3) is 0.700. The SMILES string of the molecule is COC1CCN(c2ccc(C(=O)NCC[C@H]3CCCCN3C)cn2)CC1. The number of ether oxygens (including phenoxy) is 1. The highest BCUT2D eigenvalue weighted by Crippen LogP contribution is 2.20. The highest BCUT2D eigenvalue weighted by Gasteiger charge is 2.20. The monoisotopic (exact) mass is 360 g/mol. The summed E-state index contributed by atoms with van der Waals surface area (Å²) in [6.45, 7) is 3.80. The lowest BCUT2D eigenvalue weighted by atomic mass is 10.0. The molecule has 6 heteroatoms. The Kier molecular flexibility index (Phi) is 6.86. The molecule has 0 saturated carbocycles. The number of piperidine rings is 2. The zero-order valence-corrected chi connectivity index (χ0v) is 16.1. The van der Waals surface area contributed by atoms with Gasteiger partial charge in [0, 0.05) is 39.0 Å². The summed E-state index contributed by atoms with van der Waals surface area (Å²) >= 11 is 0. The second kappa shape index (κ2) is 9.33. The zero-order valence-electron chi connectivity index (χ0n) is 16.1. The fourth-order valence-electron chi connectivity index (χ4n) is 3.99. The number of amides is 1. The Labute approximate surface area is 156 Å². The van der Waals surface area contributed by atoms with E-state index >= 15 is 0 Å². The van der Waals surface area contributed by atoms with Crippen molar-refractivity contribution in [3.05, 3.63) is 23.9 Å². The van der Waals surface area contributed by atoms with E-state index in [-0.39, 0.29) is 5.91 Å². The van der Waals surface area contributed by atoms with E-state index in [4.69, 9.17) is 4.74 Å². The van der Waals surface area contributed by atoms with Crippen molar-refractivity contribution < 1.29 is 9.53 Å². The summed E-state index contributed by atoms with van der Waals surface area (Å²) in [7, 11) is 3.96. The first-order valence-corrected chi connectivity index (χ1v) is 9.89. The Hall–Kier alpha value is -1.66. The van der Waals surface area contributed by atoms with Crippen molar-refractivity contribution in [3.8, 4) is 0 Å². The molecule has 0 radical (unpaired) electrons. The number of nitrogens with one attached hydrogen (secondary N) is 1. The van der Waals surface area contributed by atoms with E-state index < -0.39 is 0 Å². The first-order valence-electron chi connectivity index (χ1n) is 9.89. The van der Waals surface area contributed by atoms with Crippen molar-refractivity contribution in [1.29, 1.82) is 0 Å². The maximum atomic E-state index is 12.3. The van der Waals surface area contributed by atoms with Gasteiger partial charge in [-0.1, -0.05) is 6.42 Å². The van der Waals surface area contributed by atoms with E-state index in [0.717, 1.165) is 44.7 Å². The molecule has 0 spiro atoms. The van der Waals surface area contributed by atoms with Gasteiger partial charge in [-0.05, 0) is 57.8 Å². The number of methoxy groups -OCH3 is 1. The molecule has 0 aliphatic carbocycles. The van der Waals surface area contributed by atoms with Crippen molar-refractivity contribution in [3.63, 3.8) is 0 Å². The minimum absolute atomic E-state index is 0.0272. The lowest BCUT2D eigenvalue weighted by Crippen LogP contribution is -2.39. The number of pyridine rings is 1. The van der Waals surface area contributed by atoms with Crippen LogP contribution in [0.2, 0.25) is 0 Å². The maximum absolute atomic E-state index is 12.3. The van der Waals surface area contributed by atoms with Gasteiger partial charge in [-0.15, -0.1) is 0 Å². The van der Waals surface area contributed by atoms with Crippen LogP contribution in [0.5, 0.6) is 0 Å². The second-order valence-corrected chi connectivity index (χ2v) is 7.50. The Bertz CT molecular complexity index is 570. The second-order valence-electron chi connectivity index (χ2n) is 7.50. The van der Waals surface area contributed by atoms with Crippen LogP contribution >= 0.6 is 0 Å². The summed E-state index contributed by atoms with van der Waals surface area (Å²) in [6.07, 6.45) is 8.95. The Morgan fingerprint density at radius 2 is 2.04 bits per heavy atom. The zero-order chi connectivity index (χ0) is 18.4. The van der Waals surface area contributed by atoms with Crippen LogP contribution in [0.1, 0.15) is 48.9 Å². The molecular formula is C20H32N4O2. The third-order valence-corrected chi connectivity index (χ3v) is 5.79. The number of carbonyl (C=O) groups excluding carboxylic acids is 1. The normalized spacial score (nSPS) is 22.4. The standard InChI is InChI=1S/C20H32N4O2/c1-23-12-4-3-5-17(23)8-11-21-20(25)16-6-7-19(22-15-16)24-13-9-18(26-2)10-14-24/h6-7,15,17-18H,3-5,8-14H2,1-2H3,(H,21,25)/t17-/m1/s1. The van der Waals surface area contributed by atoms with Crippen LogP contribution in [0.15, 0.2) is 18.3 Å². The molecule has 1 N–H and O–H groups in total. The van der Waals surface area contributed by atoms with Gasteiger partial charge in [-0.2, -0.15) is 0 Å². The molecule has 144 valence electrons. The van der Waals surface area contributed by atoms with E-state index in [0.29, 0.717) is 17.7 Å². The first-order chi connectivity index (χ1) is 12.7. The molecule has 1 aromatic rings. The smallest absolute Gasteiger partial charge is 0.252 e. The van der Waals surface area contributed by atoms with E-state index in [2.05, 4.69) is 27.1 Å². The molecule has 2 aliphatic heterocycles. The number of anilines is 1. The number of aromatic nitrogens is 1. The van der Waals surface area contributed by atoms with Crippen molar-refractivity contribution in [2.45, 2.75) is 50.7 Å². The number of likely N-dealkylation sites (tertiary alicyclic amines) is 1.